The Labute approximate surface area is 147 Å². The van der Waals surface area contributed by atoms with Gasteiger partial charge in [0.1, 0.15) is 11.4 Å². The van der Waals surface area contributed by atoms with Crippen LogP contribution in [0.15, 0.2) is 67.3 Å². The number of ether oxygens (including phenoxy) is 1. The molecule has 0 saturated carbocycles. The fourth-order valence-corrected chi connectivity index (χ4v) is 3.16. The molecule has 25 heavy (non-hydrogen) atoms. The maximum Gasteiger partial charge on any atom is 0.429 e. The molecule has 1 unspecified atom stereocenters. The van der Waals surface area contributed by atoms with Gasteiger partial charge in [0, 0.05) is 19.9 Å². The second-order valence-corrected chi connectivity index (χ2v) is 6.09. The first-order chi connectivity index (χ1) is 12.1. The van der Waals surface area contributed by atoms with Gasteiger partial charge in [-0.3, -0.25) is 5.01 Å². The normalized spacial score (nSPS) is 20.1. The molecule has 1 amide bonds. The van der Waals surface area contributed by atoms with Crippen molar-refractivity contribution in [3.05, 3.63) is 78.6 Å². The van der Waals surface area contributed by atoms with Gasteiger partial charge in [0.05, 0.1) is 12.2 Å². The van der Waals surface area contributed by atoms with Gasteiger partial charge >= 0.3 is 6.09 Å². The molecular formula is C20H21FN2O2. The van der Waals surface area contributed by atoms with Crippen LogP contribution in [0.5, 0.6) is 0 Å². The van der Waals surface area contributed by atoms with Crippen LogP contribution >= 0.6 is 0 Å². The van der Waals surface area contributed by atoms with E-state index in [-0.39, 0.29) is 5.82 Å². The van der Waals surface area contributed by atoms with Crippen molar-refractivity contribution in [1.82, 2.24) is 5.01 Å². The molecule has 3 rings (SSSR count). The van der Waals surface area contributed by atoms with E-state index < -0.39 is 11.7 Å². The van der Waals surface area contributed by atoms with E-state index in [1.807, 2.05) is 37.4 Å². The number of rotatable bonds is 5. The average molecular weight is 340 g/mol. The van der Waals surface area contributed by atoms with Crippen LogP contribution in [0.4, 0.5) is 14.9 Å². The zero-order valence-corrected chi connectivity index (χ0v) is 14.2. The molecule has 4 nitrogen and oxygen atoms in total. The SMILES string of the molecule is C=CCC1(c2ccc(F)cc2)CCN(N(C)c2ccccc2)C(=O)O1. The van der Waals surface area contributed by atoms with Crippen molar-refractivity contribution in [3.63, 3.8) is 0 Å². The molecule has 2 aromatic carbocycles. The van der Waals surface area contributed by atoms with Crippen molar-refractivity contribution in [1.29, 1.82) is 0 Å². The van der Waals surface area contributed by atoms with Crippen molar-refractivity contribution in [2.75, 3.05) is 18.6 Å². The van der Waals surface area contributed by atoms with E-state index in [0.29, 0.717) is 19.4 Å². The summed E-state index contributed by atoms with van der Waals surface area (Å²) in [5.41, 5.74) is 0.877. The van der Waals surface area contributed by atoms with E-state index in [1.165, 1.54) is 12.1 Å². The lowest BCUT2D eigenvalue weighted by molar-refractivity contribution is -0.0524. The number of nitrogens with zero attached hydrogens (tertiary/aromatic N) is 2. The molecular weight excluding hydrogens is 319 g/mol. The topological polar surface area (TPSA) is 32.8 Å². The largest absolute Gasteiger partial charge is 0.436 e. The van der Waals surface area contributed by atoms with Gasteiger partial charge in [0.15, 0.2) is 0 Å². The molecule has 130 valence electrons. The van der Waals surface area contributed by atoms with Gasteiger partial charge in [0.2, 0.25) is 0 Å². The second-order valence-electron chi connectivity index (χ2n) is 6.09. The fourth-order valence-electron chi connectivity index (χ4n) is 3.16. The molecule has 0 spiro atoms. The van der Waals surface area contributed by atoms with Crippen LogP contribution in [0.1, 0.15) is 18.4 Å². The summed E-state index contributed by atoms with van der Waals surface area (Å²) in [7, 11) is 1.83. The van der Waals surface area contributed by atoms with E-state index in [2.05, 4.69) is 6.58 Å². The number of hydrogen-bond acceptors (Lipinski definition) is 3. The van der Waals surface area contributed by atoms with E-state index in [4.69, 9.17) is 4.74 Å². The lowest BCUT2D eigenvalue weighted by atomic mass is 9.86. The predicted molar refractivity (Wildman–Crippen MR) is 95.5 cm³/mol. The Balaban J connectivity index is 1.84. The maximum absolute atomic E-state index is 13.3. The molecule has 0 radical (unpaired) electrons. The van der Waals surface area contributed by atoms with Crippen LogP contribution in [-0.4, -0.2) is 24.7 Å². The van der Waals surface area contributed by atoms with E-state index in [9.17, 15) is 9.18 Å². The number of hydrazine groups is 1. The molecule has 0 N–H and O–H groups in total. The quantitative estimate of drug-likeness (QED) is 0.752. The standard InChI is InChI=1S/C20H21FN2O2/c1-3-13-20(16-9-11-17(21)12-10-16)14-15-23(19(24)25-20)22(2)18-7-5-4-6-8-18/h3-12H,1,13-15H2,2H3. The van der Waals surface area contributed by atoms with Crippen molar-refractivity contribution in [3.8, 4) is 0 Å². The van der Waals surface area contributed by atoms with Gasteiger partial charge in [-0.05, 0) is 29.8 Å². The van der Waals surface area contributed by atoms with Crippen molar-refractivity contribution >= 4 is 11.8 Å². The molecule has 1 aliphatic rings. The molecule has 0 aliphatic carbocycles. The molecule has 1 heterocycles. The highest BCUT2D eigenvalue weighted by atomic mass is 19.1. The highest BCUT2D eigenvalue weighted by Gasteiger charge is 2.42. The average Bonchev–Trinajstić information content (AvgIpc) is 2.63. The van der Waals surface area contributed by atoms with Gasteiger partial charge in [-0.2, -0.15) is 0 Å². The number of anilines is 1. The Hall–Kier alpha value is -2.82. The van der Waals surface area contributed by atoms with Crippen molar-refractivity contribution in [2.24, 2.45) is 0 Å². The summed E-state index contributed by atoms with van der Waals surface area (Å²) in [5.74, 6) is -0.315. The Morgan fingerprint density at radius 1 is 1.24 bits per heavy atom. The Bertz CT molecular complexity index is 748. The minimum absolute atomic E-state index is 0.315. The molecule has 1 atom stereocenters. The molecule has 0 bridgehead atoms. The predicted octanol–water partition coefficient (Wildman–Crippen LogP) is 4.49. The number of benzene rings is 2. The monoisotopic (exact) mass is 340 g/mol. The molecule has 5 heteroatoms. The smallest absolute Gasteiger partial charge is 0.429 e. The zero-order chi connectivity index (χ0) is 17.9. The Morgan fingerprint density at radius 3 is 2.52 bits per heavy atom. The molecule has 1 saturated heterocycles. The Morgan fingerprint density at radius 2 is 1.92 bits per heavy atom. The van der Waals surface area contributed by atoms with Crippen molar-refractivity contribution < 1.29 is 13.9 Å². The summed E-state index contributed by atoms with van der Waals surface area (Å²) >= 11 is 0. The van der Waals surface area contributed by atoms with Crippen LogP contribution in [0, 0.1) is 5.82 Å². The van der Waals surface area contributed by atoms with Crippen LogP contribution in [0.2, 0.25) is 0 Å². The molecule has 0 aromatic heterocycles. The third-order valence-electron chi connectivity index (χ3n) is 4.56. The van der Waals surface area contributed by atoms with Gasteiger partial charge < -0.3 is 4.74 Å². The highest BCUT2D eigenvalue weighted by Crippen LogP contribution is 2.38. The number of halogens is 1. The summed E-state index contributed by atoms with van der Waals surface area (Å²) in [4.78, 5) is 12.7. The van der Waals surface area contributed by atoms with Gasteiger partial charge in [-0.25, -0.2) is 14.2 Å². The lowest BCUT2D eigenvalue weighted by Crippen LogP contribution is -2.54. The zero-order valence-electron chi connectivity index (χ0n) is 14.2. The summed E-state index contributed by atoms with van der Waals surface area (Å²) in [6, 6.07) is 15.7. The third-order valence-corrected chi connectivity index (χ3v) is 4.56. The van der Waals surface area contributed by atoms with E-state index >= 15 is 0 Å². The number of hydrogen-bond donors (Lipinski definition) is 0. The molecule has 1 fully saturated rings. The van der Waals surface area contributed by atoms with Crippen LogP contribution < -0.4 is 5.01 Å². The maximum atomic E-state index is 13.3. The number of amides is 1. The molecule has 1 aliphatic heterocycles. The highest BCUT2D eigenvalue weighted by molar-refractivity contribution is 5.72. The van der Waals surface area contributed by atoms with Crippen molar-refractivity contribution in [2.45, 2.75) is 18.4 Å². The van der Waals surface area contributed by atoms with Gasteiger partial charge in [-0.1, -0.05) is 36.4 Å². The minimum Gasteiger partial charge on any atom is -0.436 e. The summed E-state index contributed by atoms with van der Waals surface area (Å²) < 4.78 is 19.1. The first kappa shape index (κ1) is 17.0. The van der Waals surface area contributed by atoms with Gasteiger partial charge in [-0.15, -0.1) is 6.58 Å². The fraction of sp³-hybridized carbons (Fsp3) is 0.250. The van der Waals surface area contributed by atoms with E-state index in [0.717, 1.165) is 11.3 Å². The van der Waals surface area contributed by atoms with E-state index in [1.54, 1.807) is 28.2 Å². The summed E-state index contributed by atoms with van der Waals surface area (Å²) in [6.07, 6.45) is 2.37. The number of cyclic esters (lactones) is 1. The first-order valence-corrected chi connectivity index (χ1v) is 8.22. The van der Waals surface area contributed by atoms with Crippen LogP contribution in [0.3, 0.4) is 0 Å². The minimum atomic E-state index is -0.805. The summed E-state index contributed by atoms with van der Waals surface area (Å²) in [5, 5.41) is 3.35. The molecule has 2 aromatic rings. The summed E-state index contributed by atoms with van der Waals surface area (Å²) in [6.45, 7) is 4.28. The number of carbonyl (C=O) groups excluding carboxylic acids is 1. The lowest BCUT2D eigenvalue weighted by Gasteiger charge is -2.44. The van der Waals surface area contributed by atoms with Crippen LogP contribution in [-0.2, 0) is 10.3 Å². The number of para-hydroxylation sites is 1. The van der Waals surface area contributed by atoms with Crippen LogP contribution in [0.25, 0.3) is 0 Å². The van der Waals surface area contributed by atoms with Gasteiger partial charge in [0.25, 0.3) is 0 Å². The Kier molecular flexibility index (Phi) is 4.74. The first-order valence-electron chi connectivity index (χ1n) is 8.22. The third kappa shape index (κ3) is 3.36. The second kappa shape index (κ2) is 6.97. The number of carbonyl (C=O) groups is 1.